The van der Waals surface area contributed by atoms with Gasteiger partial charge in [0.2, 0.25) is 5.78 Å². The lowest BCUT2D eigenvalue weighted by Gasteiger charge is -2.25. The molecular weight excluding hydrogens is 234 g/mol. The lowest BCUT2D eigenvalue weighted by atomic mass is 10.4. The number of nitrogens with zero attached hydrogens (tertiary/aromatic N) is 1. The molecule has 0 atom stereocenters. The van der Waals surface area contributed by atoms with E-state index in [4.69, 9.17) is 0 Å². The molecule has 6 nitrogen and oxygen atoms in total. The molecule has 0 N–H and O–H groups in total. The molecule has 1 heterocycles. The number of carbonyl (C=O) groups excluding carboxylic acids is 2. The van der Waals surface area contributed by atoms with E-state index in [9.17, 15) is 18.0 Å². The first-order chi connectivity index (χ1) is 7.41. The molecule has 1 fully saturated rings. The molecule has 1 saturated heterocycles. The Morgan fingerprint density at radius 3 is 2.31 bits per heavy atom. The third kappa shape index (κ3) is 4.28. The second kappa shape index (κ2) is 5.40. The Hall–Kier alpha value is -0.950. The van der Waals surface area contributed by atoms with Gasteiger partial charge in [0.05, 0.1) is 11.5 Å². The van der Waals surface area contributed by atoms with Crippen LogP contribution in [0.15, 0.2) is 0 Å². The number of ether oxygens (including phenoxy) is 1. The summed E-state index contributed by atoms with van der Waals surface area (Å²) in [6.45, 7) is 2.66. The molecule has 92 valence electrons. The summed E-state index contributed by atoms with van der Waals surface area (Å²) in [5.74, 6) is -1.17. The van der Waals surface area contributed by atoms with Crippen LogP contribution in [0.5, 0.6) is 0 Å². The van der Waals surface area contributed by atoms with Crippen LogP contribution in [-0.2, 0) is 24.2 Å². The standard InChI is InChI=1S/C9H15NO5S/c1-8(11)9(12)15-5-2-10-3-6-16(13,14)7-4-10/h2-7H2,1H3. The molecule has 0 aromatic rings. The molecule has 16 heavy (non-hydrogen) atoms. The fourth-order valence-electron chi connectivity index (χ4n) is 1.34. The minimum Gasteiger partial charge on any atom is -0.459 e. The molecule has 0 saturated carbocycles. The summed E-state index contributed by atoms with van der Waals surface area (Å²) in [4.78, 5) is 23.2. The maximum atomic E-state index is 11.1. The van der Waals surface area contributed by atoms with Crippen LogP contribution in [0.2, 0.25) is 0 Å². The number of ketones is 1. The van der Waals surface area contributed by atoms with Gasteiger partial charge in [-0.3, -0.25) is 9.69 Å². The van der Waals surface area contributed by atoms with E-state index in [2.05, 4.69) is 4.74 Å². The number of rotatable bonds is 4. The summed E-state index contributed by atoms with van der Waals surface area (Å²) >= 11 is 0. The SMILES string of the molecule is CC(=O)C(=O)OCCN1CCS(=O)(=O)CC1. The van der Waals surface area contributed by atoms with Gasteiger partial charge in [-0.05, 0) is 0 Å². The van der Waals surface area contributed by atoms with Gasteiger partial charge >= 0.3 is 5.97 Å². The van der Waals surface area contributed by atoms with Gasteiger partial charge < -0.3 is 4.74 Å². The number of carbonyl (C=O) groups is 2. The van der Waals surface area contributed by atoms with E-state index < -0.39 is 21.6 Å². The maximum absolute atomic E-state index is 11.1. The largest absolute Gasteiger partial charge is 0.459 e. The number of esters is 1. The maximum Gasteiger partial charge on any atom is 0.374 e. The quantitative estimate of drug-likeness (QED) is 0.462. The van der Waals surface area contributed by atoms with Gasteiger partial charge in [0, 0.05) is 26.6 Å². The zero-order valence-corrected chi connectivity index (χ0v) is 9.96. The Bertz CT molecular complexity index is 361. The minimum absolute atomic E-state index is 0.123. The van der Waals surface area contributed by atoms with E-state index in [1.54, 1.807) is 0 Å². The van der Waals surface area contributed by atoms with E-state index in [0.29, 0.717) is 19.6 Å². The Morgan fingerprint density at radius 2 is 1.81 bits per heavy atom. The average molecular weight is 249 g/mol. The molecule has 0 aliphatic carbocycles. The molecule has 0 bridgehead atoms. The van der Waals surface area contributed by atoms with Crippen molar-refractivity contribution < 1.29 is 22.7 Å². The average Bonchev–Trinajstić information content (AvgIpc) is 2.20. The van der Waals surface area contributed by atoms with Gasteiger partial charge in [0.25, 0.3) is 0 Å². The van der Waals surface area contributed by atoms with Crippen LogP contribution in [-0.4, -0.2) is 62.8 Å². The van der Waals surface area contributed by atoms with Crippen LogP contribution >= 0.6 is 0 Å². The zero-order chi connectivity index (χ0) is 12.2. The molecule has 0 unspecified atom stereocenters. The summed E-state index contributed by atoms with van der Waals surface area (Å²) in [6, 6.07) is 0. The van der Waals surface area contributed by atoms with Crippen LogP contribution < -0.4 is 0 Å². The first-order valence-electron chi connectivity index (χ1n) is 5.01. The van der Waals surface area contributed by atoms with Gasteiger partial charge in [-0.25, -0.2) is 13.2 Å². The summed E-state index contributed by atoms with van der Waals surface area (Å²) in [7, 11) is -2.87. The Kier molecular flexibility index (Phi) is 4.43. The number of hydrogen-bond donors (Lipinski definition) is 0. The van der Waals surface area contributed by atoms with Crippen molar-refractivity contribution >= 4 is 21.6 Å². The van der Waals surface area contributed by atoms with Crippen molar-refractivity contribution in [3.63, 3.8) is 0 Å². The van der Waals surface area contributed by atoms with Crippen molar-refractivity contribution in [2.75, 3.05) is 37.7 Å². The second-order valence-corrected chi connectivity index (χ2v) is 5.99. The highest BCUT2D eigenvalue weighted by Crippen LogP contribution is 2.02. The van der Waals surface area contributed by atoms with Gasteiger partial charge in [-0.2, -0.15) is 0 Å². The lowest BCUT2D eigenvalue weighted by molar-refractivity contribution is -0.153. The highest BCUT2D eigenvalue weighted by molar-refractivity contribution is 7.91. The Morgan fingerprint density at radius 1 is 1.25 bits per heavy atom. The van der Waals surface area contributed by atoms with Crippen molar-refractivity contribution in [1.29, 1.82) is 0 Å². The molecule has 1 rings (SSSR count). The Labute approximate surface area is 94.5 Å². The highest BCUT2D eigenvalue weighted by Gasteiger charge is 2.21. The fourth-order valence-corrected chi connectivity index (χ4v) is 2.62. The van der Waals surface area contributed by atoms with Crippen LogP contribution in [0.25, 0.3) is 0 Å². The summed E-state index contributed by atoms with van der Waals surface area (Å²) in [5, 5.41) is 0. The van der Waals surface area contributed by atoms with Gasteiger partial charge in [0.1, 0.15) is 6.61 Å². The van der Waals surface area contributed by atoms with Crippen LogP contribution in [0.1, 0.15) is 6.92 Å². The van der Waals surface area contributed by atoms with E-state index in [1.807, 2.05) is 4.90 Å². The normalized spacial score (nSPS) is 20.3. The summed E-state index contributed by atoms with van der Waals surface area (Å²) < 4.78 is 26.9. The van der Waals surface area contributed by atoms with Gasteiger partial charge in [-0.1, -0.05) is 0 Å². The lowest BCUT2D eigenvalue weighted by Crippen LogP contribution is -2.42. The molecule has 0 radical (unpaired) electrons. The smallest absolute Gasteiger partial charge is 0.374 e. The topological polar surface area (TPSA) is 80.8 Å². The molecule has 1 aliphatic heterocycles. The van der Waals surface area contributed by atoms with E-state index in [-0.39, 0.29) is 18.1 Å². The number of hydrogen-bond acceptors (Lipinski definition) is 6. The fraction of sp³-hybridized carbons (Fsp3) is 0.778. The predicted molar refractivity (Wildman–Crippen MR) is 56.7 cm³/mol. The molecule has 7 heteroatoms. The second-order valence-electron chi connectivity index (χ2n) is 3.69. The molecule has 0 spiro atoms. The molecule has 1 aliphatic rings. The van der Waals surface area contributed by atoms with E-state index in [1.165, 1.54) is 0 Å². The number of Topliss-reactive ketones (excluding diaryl/α,β-unsaturated/α-hetero) is 1. The zero-order valence-electron chi connectivity index (χ0n) is 9.14. The van der Waals surface area contributed by atoms with Gasteiger partial charge in [0.15, 0.2) is 9.84 Å². The third-order valence-corrected chi connectivity index (χ3v) is 3.97. The monoisotopic (exact) mass is 249 g/mol. The summed E-state index contributed by atoms with van der Waals surface area (Å²) in [5.41, 5.74) is 0. The minimum atomic E-state index is -2.87. The Balaban J connectivity index is 2.21. The third-order valence-electron chi connectivity index (χ3n) is 2.37. The first-order valence-corrected chi connectivity index (χ1v) is 6.83. The van der Waals surface area contributed by atoms with Crippen LogP contribution in [0, 0.1) is 0 Å². The van der Waals surface area contributed by atoms with Crippen molar-refractivity contribution in [3.8, 4) is 0 Å². The van der Waals surface area contributed by atoms with E-state index in [0.717, 1.165) is 6.92 Å². The van der Waals surface area contributed by atoms with Crippen molar-refractivity contribution in [1.82, 2.24) is 4.90 Å². The van der Waals surface area contributed by atoms with Gasteiger partial charge in [-0.15, -0.1) is 0 Å². The first kappa shape index (κ1) is 13.1. The van der Waals surface area contributed by atoms with Crippen molar-refractivity contribution in [2.24, 2.45) is 0 Å². The van der Waals surface area contributed by atoms with Crippen LogP contribution in [0.4, 0.5) is 0 Å². The summed E-state index contributed by atoms with van der Waals surface area (Å²) in [6.07, 6.45) is 0. The van der Waals surface area contributed by atoms with E-state index >= 15 is 0 Å². The van der Waals surface area contributed by atoms with Crippen molar-refractivity contribution in [3.05, 3.63) is 0 Å². The van der Waals surface area contributed by atoms with Crippen LogP contribution in [0.3, 0.4) is 0 Å². The molecule has 0 aromatic carbocycles. The van der Waals surface area contributed by atoms with Crippen molar-refractivity contribution in [2.45, 2.75) is 6.92 Å². The highest BCUT2D eigenvalue weighted by atomic mass is 32.2. The molecule has 0 aromatic heterocycles. The molecule has 0 amide bonds. The predicted octanol–water partition coefficient (Wildman–Crippen LogP) is -1.15. The molecular formula is C9H15NO5S. The number of sulfone groups is 1.